The van der Waals surface area contributed by atoms with E-state index < -0.39 is 0 Å². The molecule has 0 fully saturated rings. The maximum Gasteiger partial charge on any atom is 0.0640 e. The second kappa shape index (κ2) is 6.84. The molecule has 0 aliphatic heterocycles. The highest BCUT2D eigenvalue weighted by atomic mass is 32.1. The minimum Gasteiger partial charge on any atom is -0.308 e. The third-order valence-electron chi connectivity index (χ3n) is 8.38. The second-order valence-corrected chi connectivity index (χ2v) is 11.1. The lowest BCUT2D eigenvalue weighted by molar-refractivity contribution is 0.577. The van der Waals surface area contributed by atoms with Gasteiger partial charge in [-0.3, -0.25) is 0 Å². The van der Waals surface area contributed by atoms with Crippen LogP contribution in [0.5, 0.6) is 0 Å². The normalized spacial score (nSPS) is 20.2. The van der Waals surface area contributed by atoms with Crippen molar-refractivity contribution in [2.45, 2.75) is 32.1 Å². The molecule has 0 N–H and O–H groups in total. The molecule has 0 saturated carbocycles. The topological polar surface area (TPSA) is 4.93 Å². The van der Waals surface area contributed by atoms with Gasteiger partial charge in [0.1, 0.15) is 0 Å². The van der Waals surface area contributed by atoms with E-state index in [0.29, 0.717) is 11.8 Å². The SMILES string of the molecule is CC1c2ccccc2C2=Cc3c(c4ccccc4n3-c3cccc4c5c(sc34)CCC=C5)CC21. The Morgan fingerprint density at radius 3 is 2.74 bits per heavy atom. The Hall–Kier alpha value is -3.36. The average Bonchev–Trinajstić information content (AvgIpc) is 3.51. The van der Waals surface area contributed by atoms with Gasteiger partial charge in [-0.05, 0) is 77.1 Å². The van der Waals surface area contributed by atoms with Crippen molar-refractivity contribution in [2.75, 3.05) is 0 Å². The zero-order valence-corrected chi connectivity index (χ0v) is 20.0. The number of aryl methyl sites for hydroxylation is 1. The molecule has 2 heteroatoms. The number of thiophene rings is 1. The summed E-state index contributed by atoms with van der Waals surface area (Å²) in [5.41, 5.74) is 11.5. The fraction of sp³-hybridized carbons (Fsp3) is 0.188. The summed E-state index contributed by atoms with van der Waals surface area (Å²) in [5.74, 6) is 1.14. The van der Waals surface area contributed by atoms with Crippen molar-refractivity contribution in [2.24, 2.45) is 5.92 Å². The van der Waals surface area contributed by atoms with Gasteiger partial charge in [0.15, 0.2) is 0 Å². The van der Waals surface area contributed by atoms with E-state index in [4.69, 9.17) is 0 Å². The Labute approximate surface area is 203 Å². The standard InChI is InChI=1S/C32H25NS/c1-19-20-9-2-3-10-21(20)26-18-30-27(17-25(19)26)22-11-4-6-14-28(22)33(30)29-15-8-13-24-23-12-5-7-16-31(23)34-32(24)29/h2-6,8-15,18-19,25H,7,16-17H2,1H3. The summed E-state index contributed by atoms with van der Waals surface area (Å²) in [7, 11) is 0. The van der Waals surface area contributed by atoms with Gasteiger partial charge in [0.2, 0.25) is 0 Å². The Balaban J connectivity index is 1.45. The number of benzene rings is 3. The average molecular weight is 456 g/mol. The summed E-state index contributed by atoms with van der Waals surface area (Å²) >= 11 is 2.00. The molecule has 164 valence electrons. The fourth-order valence-electron chi connectivity index (χ4n) is 6.77. The third kappa shape index (κ3) is 2.39. The smallest absolute Gasteiger partial charge is 0.0640 e. The van der Waals surface area contributed by atoms with Crippen LogP contribution in [0.3, 0.4) is 0 Å². The van der Waals surface area contributed by atoms with Gasteiger partial charge in [0, 0.05) is 15.6 Å². The molecule has 2 atom stereocenters. The van der Waals surface area contributed by atoms with Crippen molar-refractivity contribution >= 4 is 50.1 Å². The number of nitrogens with zero attached hydrogens (tertiary/aromatic N) is 1. The van der Waals surface area contributed by atoms with Crippen LogP contribution in [0.25, 0.3) is 44.4 Å². The minimum absolute atomic E-state index is 0.567. The van der Waals surface area contributed by atoms with Crippen molar-refractivity contribution in [3.05, 3.63) is 106 Å². The van der Waals surface area contributed by atoms with Crippen LogP contribution in [0, 0.1) is 5.92 Å². The van der Waals surface area contributed by atoms with Gasteiger partial charge in [0.25, 0.3) is 0 Å². The van der Waals surface area contributed by atoms with Crippen LogP contribution >= 0.6 is 11.3 Å². The Kier molecular flexibility index (Phi) is 3.82. The zero-order chi connectivity index (χ0) is 22.4. The molecule has 0 amide bonds. The molecule has 8 rings (SSSR count). The van der Waals surface area contributed by atoms with Crippen LogP contribution in [0.1, 0.15) is 52.1 Å². The van der Waals surface area contributed by atoms with Crippen molar-refractivity contribution < 1.29 is 0 Å². The Morgan fingerprint density at radius 1 is 0.912 bits per heavy atom. The lowest BCUT2D eigenvalue weighted by Gasteiger charge is -2.23. The monoisotopic (exact) mass is 455 g/mol. The van der Waals surface area contributed by atoms with Gasteiger partial charge in [-0.1, -0.05) is 73.7 Å². The van der Waals surface area contributed by atoms with Crippen molar-refractivity contribution in [1.29, 1.82) is 0 Å². The summed E-state index contributed by atoms with van der Waals surface area (Å²) in [4.78, 5) is 1.53. The summed E-state index contributed by atoms with van der Waals surface area (Å²) in [6.45, 7) is 2.42. The van der Waals surface area contributed by atoms with Crippen LogP contribution in [-0.4, -0.2) is 4.57 Å². The van der Waals surface area contributed by atoms with E-state index >= 15 is 0 Å². The maximum absolute atomic E-state index is 2.56. The van der Waals surface area contributed by atoms with Crippen molar-refractivity contribution in [1.82, 2.24) is 4.57 Å². The second-order valence-electron chi connectivity index (χ2n) is 10.0. The molecule has 5 aromatic rings. The van der Waals surface area contributed by atoms with Gasteiger partial charge < -0.3 is 4.57 Å². The largest absolute Gasteiger partial charge is 0.308 e. The molecule has 0 radical (unpaired) electrons. The van der Waals surface area contributed by atoms with E-state index in [-0.39, 0.29) is 0 Å². The first-order valence-electron chi connectivity index (χ1n) is 12.4. The van der Waals surface area contributed by atoms with Crippen molar-refractivity contribution in [3.63, 3.8) is 0 Å². The number of fused-ring (bicyclic) bond motifs is 9. The highest BCUT2D eigenvalue weighted by Gasteiger charge is 2.38. The zero-order valence-electron chi connectivity index (χ0n) is 19.2. The predicted molar refractivity (Wildman–Crippen MR) is 146 cm³/mol. The number of para-hydroxylation sites is 1. The molecule has 0 bridgehead atoms. The molecule has 0 spiro atoms. The number of rotatable bonds is 1. The molecule has 2 unspecified atom stereocenters. The van der Waals surface area contributed by atoms with Crippen LogP contribution in [0.15, 0.2) is 72.8 Å². The van der Waals surface area contributed by atoms with E-state index in [2.05, 4.69) is 96.4 Å². The quantitative estimate of drug-likeness (QED) is 0.238. The van der Waals surface area contributed by atoms with Gasteiger partial charge in [0.05, 0.1) is 21.6 Å². The summed E-state index contributed by atoms with van der Waals surface area (Å²) < 4.78 is 3.98. The Bertz CT molecular complexity index is 1710. The molecule has 3 aliphatic rings. The van der Waals surface area contributed by atoms with E-state index in [1.807, 2.05) is 11.3 Å². The van der Waals surface area contributed by atoms with Crippen LogP contribution in [-0.2, 0) is 12.8 Å². The molecule has 2 heterocycles. The first-order valence-corrected chi connectivity index (χ1v) is 13.3. The summed E-state index contributed by atoms with van der Waals surface area (Å²) in [6, 6.07) is 25.0. The molecular formula is C32H25NS. The maximum atomic E-state index is 2.56. The molecule has 34 heavy (non-hydrogen) atoms. The highest BCUT2D eigenvalue weighted by molar-refractivity contribution is 7.19. The molecular weight excluding hydrogens is 430 g/mol. The van der Waals surface area contributed by atoms with E-state index in [9.17, 15) is 0 Å². The number of hydrogen-bond acceptors (Lipinski definition) is 1. The molecule has 2 aromatic heterocycles. The molecule has 1 nitrogen and oxygen atoms in total. The van der Waals surface area contributed by atoms with E-state index in [0.717, 1.165) is 19.3 Å². The number of aromatic nitrogens is 1. The number of hydrogen-bond donors (Lipinski definition) is 0. The van der Waals surface area contributed by atoms with Crippen LogP contribution < -0.4 is 0 Å². The lowest BCUT2D eigenvalue weighted by Crippen LogP contribution is -2.13. The van der Waals surface area contributed by atoms with Gasteiger partial charge in [-0.15, -0.1) is 11.3 Å². The lowest BCUT2D eigenvalue weighted by atomic mass is 9.81. The van der Waals surface area contributed by atoms with Gasteiger partial charge in [-0.2, -0.15) is 0 Å². The molecule has 3 aromatic carbocycles. The van der Waals surface area contributed by atoms with Gasteiger partial charge in [-0.25, -0.2) is 0 Å². The number of allylic oxidation sites excluding steroid dienone is 2. The first-order chi connectivity index (χ1) is 16.8. The summed E-state index contributed by atoms with van der Waals surface area (Å²) in [6.07, 6.45) is 10.6. The van der Waals surface area contributed by atoms with E-state index in [1.165, 1.54) is 65.1 Å². The van der Waals surface area contributed by atoms with Gasteiger partial charge >= 0.3 is 0 Å². The fourth-order valence-corrected chi connectivity index (χ4v) is 8.07. The minimum atomic E-state index is 0.567. The predicted octanol–water partition coefficient (Wildman–Crippen LogP) is 8.63. The van der Waals surface area contributed by atoms with E-state index in [1.54, 1.807) is 0 Å². The first kappa shape index (κ1) is 19.0. The van der Waals surface area contributed by atoms with Crippen molar-refractivity contribution in [3.8, 4) is 5.69 Å². The summed E-state index contributed by atoms with van der Waals surface area (Å²) in [5, 5.41) is 2.82. The molecule has 0 saturated heterocycles. The third-order valence-corrected chi connectivity index (χ3v) is 9.68. The highest BCUT2D eigenvalue weighted by Crippen LogP contribution is 2.52. The Morgan fingerprint density at radius 2 is 1.76 bits per heavy atom. The van der Waals surface area contributed by atoms with Crippen LogP contribution in [0.2, 0.25) is 0 Å². The van der Waals surface area contributed by atoms with Crippen LogP contribution in [0.4, 0.5) is 0 Å². The molecule has 3 aliphatic carbocycles.